The summed E-state index contributed by atoms with van der Waals surface area (Å²) in [6.45, 7) is -0.169. The van der Waals surface area contributed by atoms with E-state index in [0.29, 0.717) is 20.9 Å². The van der Waals surface area contributed by atoms with Crippen LogP contribution in [0.2, 0.25) is 10.0 Å². The Labute approximate surface area is 163 Å². The van der Waals surface area contributed by atoms with Gasteiger partial charge in [0.15, 0.2) is 11.7 Å². The number of halogens is 2. The Bertz CT molecular complexity index is 1130. The Morgan fingerprint density at radius 1 is 1.12 bits per heavy atom. The molecule has 0 spiro atoms. The molecule has 3 aromatic carbocycles. The number of hydrogen-bond acceptors (Lipinski definition) is 4. The highest BCUT2D eigenvalue weighted by molar-refractivity contribution is 7.23. The highest BCUT2D eigenvalue weighted by atomic mass is 35.5. The topological polar surface area (TPSA) is 51.2 Å². The normalized spacial score (nSPS) is 11.0. The quantitative estimate of drug-likeness (QED) is 0.470. The number of aromatic nitrogens is 1. The van der Waals surface area contributed by atoms with Crippen LogP contribution in [0, 0.1) is 0 Å². The van der Waals surface area contributed by atoms with Crippen molar-refractivity contribution < 1.29 is 9.53 Å². The van der Waals surface area contributed by atoms with Gasteiger partial charge in [-0.1, -0.05) is 64.9 Å². The average Bonchev–Trinajstić information content (AvgIpc) is 3.04. The second-order valence-corrected chi connectivity index (χ2v) is 7.41. The molecule has 1 N–H and O–H groups in total. The van der Waals surface area contributed by atoms with E-state index in [9.17, 15) is 4.79 Å². The number of fused-ring (bicyclic) bond motifs is 3. The predicted molar refractivity (Wildman–Crippen MR) is 108 cm³/mol. The van der Waals surface area contributed by atoms with Gasteiger partial charge in [-0.05, 0) is 29.7 Å². The number of nitrogens with zero attached hydrogens (tertiary/aromatic N) is 1. The van der Waals surface area contributed by atoms with Gasteiger partial charge in [0.25, 0.3) is 5.91 Å². The Kier molecular flexibility index (Phi) is 4.68. The summed E-state index contributed by atoms with van der Waals surface area (Å²) in [5.74, 6) is 0.0980. The number of benzene rings is 3. The van der Waals surface area contributed by atoms with E-state index in [2.05, 4.69) is 16.4 Å². The number of carbonyl (C=O) groups is 1. The largest absolute Gasteiger partial charge is 0.482 e. The lowest BCUT2D eigenvalue weighted by atomic mass is 10.1. The zero-order chi connectivity index (χ0) is 18.1. The van der Waals surface area contributed by atoms with E-state index in [1.165, 1.54) is 11.3 Å². The smallest absolute Gasteiger partial charge is 0.264 e. The van der Waals surface area contributed by atoms with Gasteiger partial charge in [-0.3, -0.25) is 10.1 Å². The third-order valence-electron chi connectivity index (χ3n) is 3.78. The third-order valence-corrected chi connectivity index (χ3v) is 5.33. The average molecular weight is 403 g/mol. The van der Waals surface area contributed by atoms with Crippen molar-refractivity contribution in [3.05, 3.63) is 64.6 Å². The van der Waals surface area contributed by atoms with E-state index in [1.54, 1.807) is 18.2 Å². The van der Waals surface area contributed by atoms with Crippen LogP contribution in [-0.2, 0) is 4.79 Å². The molecule has 0 radical (unpaired) electrons. The van der Waals surface area contributed by atoms with E-state index in [0.717, 1.165) is 21.0 Å². The van der Waals surface area contributed by atoms with E-state index >= 15 is 0 Å². The second-order valence-electron chi connectivity index (χ2n) is 5.57. The molecule has 0 unspecified atom stereocenters. The van der Waals surface area contributed by atoms with Crippen LogP contribution in [0.25, 0.3) is 21.0 Å². The molecule has 1 amide bonds. The highest BCUT2D eigenvalue weighted by Gasteiger charge is 2.11. The van der Waals surface area contributed by atoms with Gasteiger partial charge in [0, 0.05) is 10.4 Å². The summed E-state index contributed by atoms with van der Waals surface area (Å²) in [5.41, 5.74) is 0.852. The fraction of sp³-hybridized carbons (Fsp3) is 0.0526. The lowest BCUT2D eigenvalue weighted by Gasteiger charge is -2.07. The van der Waals surface area contributed by atoms with Crippen molar-refractivity contribution in [1.82, 2.24) is 4.98 Å². The predicted octanol–water partition coefficient (Wildman–Crippen LogP) is 5.77. The number of thiazole rings is 1. The van der Waals surface area contributed by atoms with E-state index < -0.39 is 0 Å². The fourth-order valence-corrected chi connectivity index (χ4v) is 4.08. The molecule has 0 saturated carbocycles. The minimum atomic E-state index is -0.306. The van der Waals surface area contributed by atoms with Crippen LogP contribution in [0.4, 0.5) is 5.13 Å². The minimum Gasteiger partial charge on any atom is -0.482 e. The van der Waals surface area contributed by atoms with Gasteiger partial charge in [0.1, 0.15) is 5.75 Å². The van der Waals surface area contributed by atoms with Crippen molar-refractivity contribution in [2.45, 2.75) is 0 Å². The Morgan fingerprint density at radius 3 is 2.81 bits per heavy atom. The van der Waals surface area contributed by atoms with Gasteiger partial charge in [0.2, 0.25) is 0 Å². The molecule has 4 nitrogen and oxygen atoms in total. The highest BCUT2D eigenvalue weighted by Crippen LogP contribution is 2.32. The van der Waals surface area contributed by atoms with Gasteiger partial charge in [-0.2, -0.15) is 0 Å². The Morgan fingerprint density at radius 2 is 1.96 bits per heavy atom. The summed E-state index contributed by atoms with van der Waals surface area (Å²) < 4.78 is 6.49. The Balaban J connectivity index is 1.50. The zero-order valence-electron chi connectivity index (χ0n) is 13.3. The summed E-state index contributed by atoms with van der Waals surface area (Å²) in [4.78, 5) is 16.6. The molecule has 0 fully saturated rings. The van der Waals surface area contributed by atoms with Gasteiger partial charge < -0.3 is 4.74 Å². The summed E-state index contributed by atoms with van der Waals surface area (Å²) in [7, 11) is 0. The summed E-state index contributed by atoms with van der Waals surface area (Å²) in [6.07, 6.45) is 0. The molecular weight excluding hydrogens is 391 g/mol. The number of carbonyl (C=O) groups excluding carboxylic acids is 1. The maximum atomic E-state index is 12.2. The Hall–Kier alpha value is -2.34. The molecule has 26 heavy (non-hydrogen) atoms. The van der Waals surface area contributed by atoms with E-state index in [1.807, 2.05) is 30.3 Å². The van der Waals surface area contributed by atoms with Gasteiger partial charge >= 0.3 is 0 Å². The molecule has 1 heterocycles. The van der Waals surface area contributed by atoms with Crippen molar-refractivity contribution in [1.29, 1.82) is 0 Å². The second kappa shape index (κ2) is 7.11. The molecule has 4 aromatic rings. The zero-order valence-corrected chi connectivity index (χ0v) is 15.7. The molecular formula is C19H12Cl2N2O2S. The number of amides is 1. The van der Waals surface area contributed by atoms with Crippen molar-refractivity contribution >= 4 is 66.6 Å². The summed E-state index contributed by atoms with van der Waals surface area (Å²) in [5, 5.41) is 6.43. The van der Waals surface area contributed by atoms with E-state index in [-0.39, 0.29) is 12.5 Å². The summed E-state index contributed by atoms with van der Waals surface area (Å²) in [6, 6.07) is 16.9. The van der Waals surface area contributed by atoms with Crippen LogP contribution < -0.4 is 10.1 Å². The molecule has 130 valence electrons. The fourth-order valence-electron chi connectivity index (χ4n) is 2.60. The minimum absolute atomic E-state index is 0.169. The number of rotatable bonds is 4. The molecule has 7 heteroatoms. The monoisotopic (exact) mass is 402 g/mol. The summed E-state index contributed by atoms with van der Waals surface area (Å²) >= 11 is 13.3. The molecule has 4 rings (SSSR count). The first-order chi connectivity index (χ1) is 12.6. The van der Waals surface area contributed by atoms with Crippen molar-refractivity contribution in [3.8, 4) is 5.75 Å². The van der Waals surface area contributed by atoms with Gasteiger partial charge in [-0.15, -0.1) is 0 Å². The van der Waals surface area contributed by atoms with Gasteiger partial charge in [-0.25, -0.2) is 4.98 Å². The van der Waals surface area contributed by atoms with Crippen LogP contribution in [0.1, 0.15) is 0 Å². The number of nitrogens with one attached hydrogen (secondary N) is 1. The first kappa shape index (κ1) is 17.1. The van der Waals surface area contributed by atoms with Gasteiger partial charge in [0.05, 0.1) is 15.2 Å². The molecule has 0 saturated heterocycles. The van der Waals surface area contributed by atoms with Crippen molar-refractivity contribution in [3.63, 3.8) is 0 Å². The van der Waals surface area contributed by atoms with Crippen LogP contribution >= 0.6 is 34.5 Å². The van der Waals surface area contributed by atoms with Crippen molar-refractivity contribution in [2.75, 3.05) is 11.9 Å². The van der Waals surface area contributed by atoms with Crippen LogP contribution in [-0.4, -0.2) is 17.5 Å². The molecule has 0 aliphatic heterocycles. The number of ether oxygens (including phenoxy) is 1. The van der Waals surface area contributed by atoms with Crippen LogP contribution in [0.3, 0.4) is 0 Å². The molecule has 1 aromatic heterocycles. The van der Waals surface area contributed by atoms with E-state index in [4.69, 9.17) is 27.9 Å². The number of hydrogen-bond donors (Lipinski definition) is 1. The third kappa shape index (κ3) is 3.46. The lowest BCUT2D eigenvalue weighted by Crippen LogP contribution is -2.20. The maximum Gasteiger partial charge on any atom is 0.264 e. The molecule has 0 bridgehead atoms. The molecule has 0 atom stereocenters. The molecule has 0 aliphatic rings. The van der Waals surface area contributed by atoms with Crippen LogP contribution in [0.5, 0.6) is 5.75 Å². The SMILES string of the molecule is O=C(COc1ccc(Cl)cc1Cl)Nc1nc2ccc3ccccc3c2s1. The first-order valence-electron chi connectivity index (χ1n) is 7.76. The lowest BCUT2D eigenvalue weighted by molar-refractivity contribution is -0.118. The molecule has 0 aliphatic carbocycles. The number of anilines is 1. The standard InChI is InChI=1S/C19H12Cl2N2O2S/c20-12-6-8-16(14(21)9-12)25-10-17(24)23-19-22-15-7-5-11-3-1-2-4-13(11)18(15)26-19/h1-9H,10H2,(H,22,23,24). The van der Waals surface area contributed by atoms with Crippen molar-refractivity contribution in [2.24, 2.45) is 0 Å². The van der Waals surface area contributed by atoms with Crippen LogP contribution in [0.15, 0.2) is 54.6 Å². The maximum absolute atomic E-state index is 12.2. The first-order valence-corrected chi connectivity index (χ1v) is 9.33.